The molecule has 0 aliphatic rings. The molecule has 0 fully saturated rings. The lowest BCUT2D eigenvalue weighted by Crippen LogP contribution is -3.00. The Hall–Kier alpha value is -0.280. The highest BCUT2D eigenvalue weighted by Gasteiger charge is 2.00. The van der Waals surface area contributed by atoms with Crippen LogP contribution in [0.15, 0.2) is 0 Å². The Morgan fingerprint density at radius 2 is 1.08 bits per heavy atom. The van der Waals surface area contributed by atoms with Crippen LogP contribution < -0.4 is 23.5 Å². The molecule has 0 aliphatic carbocycles. The molecule has 3 nitrogen and oxygen atoms in total. The number of nitrogens with one attached hydrogen (secondary N) is 1. The van der Waals surface area contributed by atoms with E-state index in [0.29, 0.717) is 6.42 Å². The third kappa shape index (κ3) is 23.7. The molecule has 0 bridgehead atoms. The molecular formula is C21H45ClN2O. The van der Waals surface area contributed by atoms with E-state index in [1.807, 2.05) is 0 Å². The van der Waals surface area contributed by atoms with Gasteiger partial charge < -0.3 is 23.5 Å². The van der Waals surface area contributed by atoms with Gasteiger partial charge in [-0.05, 0) is 6.42 Å². The lowest BCUT2D eigenvalue weighted by atomic mass is 10.0. The second-order valence-electron chi connectivity index (χ2n) is 7.26. The third-order valence-corrected chi connectivity index (χ3v) is 4.76. The SMILES string of the molecule is CCCCCCCCCCCCCCCCCC(=O)NCCC[NH3+].[Cl-]. The summed E-state index contributed by atoms with van der Waals surface area (Å²) in [4.78, 5) is 11.5. The molecule has 0 rings (SSSR count). The van der Waals surface area contributed by atoms with Crippen molar-refractivity contribution >= 4 is 5.91 Å². The standard InChI is InChI=1S/C21H44N2O.ClH/c1-2-3-4-5-6-7-8-9-10-11-12-13-14-15-16-18-21(24)23-20-17-19-22;/h2-20,22H2,1H3,(H,23,24);1H. The van der Waals surface area contributed by atoms with Gasteiger partial charge in [-0.25, -0.2) is 0 Å². The first-order chi connectivity index (χ1) is 11.8. The summed E-state index contributed by atoms with van der Waals surface area (Å²) in [6.07, 6.45) is 22.2. The van der Waals surface area contributed by atoms with Gasteiger partial charge in [0.05, 0.1) is 6.54 Å². The zero-order valence-electron chi connectivity index (χ0n) is 16.9. The van der Waals surface area contributed by atoms with Crippen LogP contribution in [0.3, 0.4) is 0 Å². The Morgan fingerprint density at radius 3 is 1.48 bits per heavy atom. The van der Waals surface area contributed by atoms with Gasteiger partial charge in [-0.15, -0.1) is 0 Å². The Bertz CT molecular complexity index is 262. The van der Waals surface area contributed by atoms with Crippen molar-refractivity contribution in [3.8, 4) is 0 Å². The summed E-state index contributed by atoms with van der Waals surface area (Å²) in [5, 5.41) is 2.95. The number of carbonyl (C=O) groups excluding carboxylic acids is 1. The van der Waals surface area contributed by atoms with E-state index in [1.165, 1.54) is 89.9 Å². The highest BCUT2D eigenvalue weighted by Crippen LogP contribution is 2.13. The summed E-state index contributed by atoms with van der Waals surface area (Å²) < 4.78 is 0. The molecule has 0 heterocycles. The number of hydrogen-bond acceptors (Lipinski definition) is 1. The first kappa shape index (κ1) is 26.9. The van der Waals surface area contributed by atoms with Gasteiger partial charge in [-0.2, -0.15) is 0 Å². The fourth-order valence-electron chi connectivity index (χ4n) is 3.10. The summed E-state index contributed by atoms with van der Waals surface area (Å²) in [5.74, 6) is 0.221. The second kappa shape index (κ2) is 23.7. The van der Waals surface area contributed by atoms with Crippen LogP contribution in [0.1, 0.15) is 116 Å². The molecule has 0 saturated heterocycles. The van der Waals surface area contributed by atoms with Gasteiger partial charge in [-0.3, -0.25) is 4.79 Å². The van der Waals surface area contributed by atoms with E-state index in [-0.39, 0.29) is 18.3 Å². The van der Waals surface area contributed by atoms with Gasteiger partial charge in [0.25, 0.3) is 0 Å². The molecule has 25 heavy (non-hydrogen) atoms. The molecule has 1 amide bonds. The van der Waals surface area contributed by atoms with Gasteiger partial charge in [0, 0.05) is 19.4 Å². The molecule has 0 unspecified atom stereocenters. The van der Waals surface area contributed by atoms with Crippen molar-refractivity contribution < 1.29 is 22.9 Å². The maximum absolute atomic E-state index is 11.5. The Morgan fingerprint density at radius 1 is 0.680 bits per heavy atom. The Kier molecular flexibility index (Phi) is 25.6. The first-order valence-corrected chi connectivity index (χ1v) is 10.9. The van der Waals surface area contributed by atoms with Crippen LogP contribution >= 0.6 is 0 Å². The second-order valence-corrected chi connectivity index (χ2v) is 7.26. The van der Waals surface area contributed by atoms with Crippen LogP contribution in [-0.2, 0) is 4.79 Å². The van der Waals surface area contributed by atoms with E-state index in [9.17, 15) is 4.79 Å². The van der Waals surface area contributed by atoms with E-state index >= 15 is 0 Å². The van der Waals surface area contributed by atoms with Crippen molar-refractivity contribution in [3.63, 3.8) is 0 Å². The molecule has 0 aromatic heterocycles. The normalized spacial score (nSPS) is 10.5. The lowest BCUT2D eigenvalue weighted by molar-refractivity contribution is -0.367. The van der Waals surface area contributed by atoms with Crippen LogP contribution in [-0.4, -0.2) is 19.0 Å². The topological polar surface area (TPSA) is 56.7 Å². The quantitative estimate of drug-likeness (QED) is 0.333. The van der Waals surface area contributed by atoms with Crippen molar-refractivity contribution in [2.45, 2.75) is 116 Å². The minimum absolute atomic E-state index is 0. The number of quaternary nitrogens is 1. The number of halogens is 1. The lowest BCUT2D eigenvalue weighted by Gasteiger charge is -2.04. The van der Waals surface area contributed by atoms with Gasteiger partial charge in [-0.1, -0.05) is 96.8 Å². The molecule has 0 radical (unpaired) electrons. The van der Waals surface area contributed by atoms with Crippen LogP contribution in [0.4, 0.5) is 0 Å². The van der Waals surface area contributed by atoms with Gasteiger partial charge >= 0.3 is 0 Å². The molecule has 0 spiro atoms. The predicted octanol–water partition coefficient (Wildman–Crippen LogP) is 2.00. The first-order valence-electron chi connectivity index (χ1n) is 10.9. The molecule has 4 heteroatoms. The summed E-state index contributed by atoms with van der Waals surface area (Å²) in [7, 11) is 0. The van der Waals surface area contributed by atoms with Crippen molar-refractivity contribution in [2.75, 3.05) is 13.1 Å². The van der Waals surface area contributed by atoms with E-state index in [2.05, 4.69) is 18.0 Å². The number of unbranched alkanes of at least 4 members (excludes halogenated alkanes) is 14. The molecule has 0 aromatic rings. The Balaban J connectivity index is 0. The van der Waals surface area contributed by atoms with Crippen molar-refractivity contribution in [2.24, 2.45) is 0 Å². The van der Waals surface area contributed by atoms with Crippen LogP contribution in [0, 0.1) is 0 Å². The highest BCUT2D eigenvalue weighted by molar-refractivity contribution is 5.75. The molecular weight excluding hydrogens is 332 g/mol. The van der Waals surface area contributed by atoms with Crippen LogP contribution in [0.25, 0.3) is 0 Å². The average molecular weight is 377 g/mol. The summed E-state index contributed by atoms with van der Waals surface area (Å²) in [5.41, 5.74) is 3.78. The number of hydrogen-bond donors (Lipinski definition) is 2. The van der Waals surface area contributed by atoms with Gasteiger partial charge in [0.15, 0.2) is 0 Å². The van der Waals surface area contributed by atoms with E-state index in [1.54, 1.807) is 0 Å². The van der Waals surface area contributed by atoms with Gasteiger partial charge in [0.2, 0.25) is 5.91 Å². The highest BCUT2D eigenvalue weighted by atomic mass is 35.5. The average Bonchev–Trinajstić information content (AvgIpc) is 2.58. The predicted molar refractivity (Wildman–Crippen MR) is 105 cm³/mol. The van der Waals surface area contributed by atoms with Crippen LogP contribution in [0.5, 0.6) is 0 Å². The molecule has 0 saturated carbocycles. The molecule has 0 aliphatic heterocycles. The van der Waals surface area contributed by atoms with Crippen molar-refractivity contribution in [1.82, 2.24) is 5.32 Å². The fourth-order valence-corrected chi connectivity index (χ4v) is 3.10. The number of carbonyl (C=O) groups is 1. The van der Waals surface area contributed by atoms with E-state index < -0.39 is 0 Å². The maximum atomic E-state index is 11.5. The Labute approximate surface area is 163 Å². The minimum Gasteiger partial charge on any atom is -1.00 e. The molecule has 0 aromatic carbocycles. The smallest absolute Gasteiger partial charge is 0.219 e. The molecule has 152 valence electrons. The number of amides is 1. The summed E-state index contributed by atoms with van der Waals surface area (Å²) >= 11 is 0. The van der Waals surface area contributed by atoms with E-state index in [0.717, 1.165) is 25.9 Å². The zero-order chi connectivity index (χ0) is 17.7. The largest absolute Gasteiger partial charge is 1.00 e. The summed E-state index contributed by atoms with van der Waals surface area (Å²) in [6.45, 7) is 3.98. The monoisotopic (exact) mass is 376 g/mol. The van der Waals surface area contributed by atoms with Gasteiger partial charge in [0.1, 0.15) is 0 Å². The summed E-state index contributed by atoms with van der Waals surface area (Å²) in [6, 6.07) is 0. The molecule has 0 atom stereocenters. The van der Waals surface area contributed by atoms with E-state index in [4.69, 9.17) is 0 Å². The third-order valence-electron chi connectivity index (χ3n) is 4.76. The fraction of sp³-hybridized carbons (Fsp3) is 0.952. The minimum atomic E-state index is 0. The number of rotatable bonds is 19. The zero-order valence-corrected chi connectivity index (χ0v) is 17.7. The van der Waals surface area contributed by atoms with Crippen molar-refractivity contribution in [3.05, 3.63) is 0 Å². The van der Waals surface area contributed by atoms with Crippen LogP contribution in [0.2, 0.25) is 0 Å². The molecule has 4 N–H and O–H groups in total. The maximum Gasteiger partial charge on any atom is 0.219 e. The van der Waals surface area contributed by atoms with Crippen molar-refractivity contribution in [1.29, 1.82) is 0 Å².